The van der Waals surface area contributed by atoms with E-state index >= 15 is 0 Å². The van der Waals surface area contributed by atoms with E-state index in [-0.39, 0.29) is 6.07 Å². The first-order valence-corrected chi connectivity index (χ1v) is 5.78. The highest BCUT2D eigenvalue weighted by atomic mass is 19.4. The molecule has 21 heavy (non-hydrogen) atoms. The van der Waals surface area contributed by atoms with Crippen LogP contribution in [-0.2, 0) is 6.18 Å². The maximum atomic E-state index is 13.6. The first-order valence-electron chi connectivity index (χ1n) is 5.78. The Morgan fingerprint density at radius 1 is 0.810 bits per heavy atom. The summed E-state index contributed by atoms with van der Waals surface area (Å²) >= 11 is 0. The molecule has 0 spiro atoms. The highest BCUT2D eigenvalue weighted by Gasteiger charge is 2.35. The van der Waals surface area contributed by atoms with Crippen molar-refractivity contribution in [2.75, 3.05) is 0 Å². The largest absolute Gasteiger partial charge is 0.416 e. The number of hydrogen-bond donors (Lipinski definition) is 1. The average Bonchev–Trinajstić information content (AvgIpc) is 2.41. The predicted molar refractivity (Wildman–Crippen MR) is 63.8 cm³/mol. The molecule has 112 valence electrons. The summed E-state index contributed by atoms with van der Waals surface area (Å²) in [5, 5.41) is 0. The fraction of sp³-hybridized carbons (Fsp3) is 0.143. The molecule has 0 aliphatic heterocycles. The van der Waals surface area contributed by atoms with Crippen LogP contribution in [0.3, 0.4) is 0 Å². The molecule has 0 aliphatic rings. The van der Waals surface area contributed by atoms with Gasteiger partial charge in [-0.1, -0.05) is 18.2 Å². The van der Waals surface area contributed by atoms with Gasteiger partial charge in [0.15, 0.2) is 11.6 Å². The van der Waals surface area contributed by atoms with Crippen molar-refractivity contribution in [3.63, 3.8) is 0 Å². The Bertz CT molecular complexity index is 665. The van der Waals surface area contributed by atoms with Gasteiger partial charge in [-0.3, -0.25) is 0 Å². The van der Waals surface area contributed by atoms with Gasteiger partial charge in [0.1, 0.15) is 5.82 Å². The van der Waals surface area contributed by atoms with Crippen LogP contribution in [0.4, 0.5) is 26.3 Å². The minimum Gasteiger partial charge on any atom is -0.320 e. The normalized spacial score (nSPS) is 13.3. The first-order chi connectivity index (χ1) is 9.71. The van der Waals surface area contributed by atoms with Crippen LogP contribution in [0.5, 0.6) is 0 Å². The summed E-state index contributed by atoms with van der Waals surface area (Å²) < 4.78 is 78.3. The van der Waals surface area contributed by atoms with Gasteiger partial charge in [-0.15, -0.1) is 0 Å². The molecule has 0 fully saturated rings. The summed E-state index contributed by atoms with van der Waals surface area (Å²) in [5.41, 5.74) is 3.58. The van der Waals surface area contributed by atoms with Gasteiger partial charge in [-0.2, -0.15) is 13.2 Å². The lowest BCUT2D eigenvalue weighted by atomic mass is 9.94. The van der Waals surface area contributed by atoms with E-state index in [1.54, 1.807) is 0 Å². The smallest absolute Gasteiger partial charge is 0.320 e. The Morgan fingerprint density at radius 3 is 2.00 bits per heavy atom. The summed E-state index contributed by atoms with van der Waals surface area (Å²) in [5.74, 6) is -4.03. The van der Waals surface area contributed by atoms with Gasteiger partial charge in [0.25, 0.3) is 0 Å². The Morgan fingerprint density at radius 2 is 1.38 bits per heavy atom. The molecule has 0 bridgehead atoms. The van der Waals surface area contributed by atoms with Crippen molar-refractivity contribution in [3.05, 3.63) is 70.5 Å². The number of rotatable bonds is 2. The number of hydrogen-bond acceptors (Lipinski definition) is 1. The number of nitrogens with two attached hydrogens (primary N) is 1. The summed E-state index contributed by atoms with van der Waals surface area (Å²) in [6.07, 6.45) is -4.69. The van der Waals surface area contributed by atoms with Gasteiger partial charge in [0.2, 0.25) is 0 Å². The fourth-order valence-corrected chi connectivity index (χ4v) is 1.97. The monoisotopic (exact) mass is 305 g/mol. The molecular formula is C14H9F6N. The zero-order valence-corrected chi connectivity index (χ0v) is 10.4. The number of benzene rings is 2. The second-order valence-electron chi connectivity index (χ2n) is 4.35. The molecule has 0 saturated carbocycles. The highest BCUT2D eigenvalue weighted by Crippen LogP contribution is 2.36. The van der Waals surface area contributed by atoms with Gasteiger partial charge in [0.05, 0.1) is 11.6 Å². The van der Waals surface area contributed by atoms with Crippen LogP contribution in [0.1, 0.15) is 22.7 Å². The van der Waals surface area contributed by atoms with E-state index in [1.165, 1.54) is 6.07 Å². The average molecular weight is 305 g/mol. The lowest BCUT2D eigenvalue weighted by molar-refractivity contribution is -0.138. The van der Waals surface area contributed by atoms with E-state index in [9.17, 15) is 26.3 Å². The van der Waals surface area contributed by atoms with Crippen molar-refractivity contribution in [2.24, 2.45) is 5.73 Å². The van der Waals surface area contributed by atoms with Gasteiger partial charge < -0.3 is 5.73 Å². The molecule has 0 aliphatic carbocycles. The van der Waals surface area contributed by atoms with Crippen LogP contribution in [0.15, 0.2) is 36.4 Å². The quantitative estimate of drug-likeness (QED) is 0.654. The van der Waals surface area contributed by atoms with E-state index in [1.807, 2.05) is 0 Å². The third-order valence-electron chi connectivity index (χ3n) is 2.98. The maximum absolute atomic E-state index is 13.6. The van der Waals surface area contributed by atoms with Gasteiger partial charge in [0, 0.05) is 11.6 Å². The minimum absolute atomic E-state index is 0.251. The Hall–Kier alpha value is -2.02. The molecular weight excluding hydrogens is 296 g/mol. The minimum atomic E-state index is -4.69. The molecule has 1 unspecified atom stereocenters. The standard InChI is InChI=1S/C14H9F6N/c15-10-6-12(17)11(16)5-8(10)13(21)7-3-1-2-4-9(7)14(18,19)20/h1-6,13H,21H2. The Kier molecular flexibility index (Phi) is 3.95. The lowest BCUT2D eigenvalue weighted by Crippen LogP contribution is -2.19. The molecule has 7 heteroatoms. The van der Waals surface area contributed by atoms with Crippen LogP contribution >= 0.6 is 0 Å². The molecule has 0 radical (unpaired) electrons. The number of alkyl halides is 3. The SMILES string of the molecule is NC(c1cc(F)c(F)cc1F)c1ccccc1C(F)(F)F. The molecule has 0 aromatic heterocycles. The molecule has 2 N–H and O–H groups in total. The summed E-state index contributed by atoms with van der Waals surface area (Å²) in [6.45, 7) is 0. The summed E-state index contributed by atoms with van der Waals surface area (Å²) in [7, 11) is 0. The van der Waals surface area contributed by atoms with Crippen molar-refractivity contribution in [1.29, 1.82) is 0 Å². The van der Waals surface area contributed by atoms with E-state index in [4.69, 9.17) is 5.73 Å². The predicted octanol–water partition coefficient (Wildman–Crippen LogP) is 4.17. The van der Waals surface area contributed by atoms with Crippen molar-refractivity contribution in [1.82, 2.24) is 0 Å². The zero-order valence-electron chi connectivity index (χ0n) is 10.4. The van der Waals surface area contributed by atoms with Crippen molar-refractivity contribution in [2.45, 2.75) is 12.2 Å². The van der Waals surface area contributed by atoms with Crippen molar-refractivity contribution >= 4 is 0 Å². The van der Waals surface area contributed by atoms with E-state index < -0.39 is 46.4 Å². The summed E-state index contributed by atoms with van der Waals surface area (Å²) in [6, 6.07) is 3.44. The topological polar surface area (TPSA) is 26.0 Å². The van der Waals surface area contributed by atoms with Crippen LogP contribution in [0.25, 0.3) is 0 Å². The third-order valence-corrected chi connectivity index (χ3v) is 2.98. The third kappa shape index (κ3) is 3.02. The van der Waals surface area contributed by atoms with E-state index in [2.05, 4.69) is 0 Å². The lowest BCUT2D eigenvalue weighted by Gasteiger charge is -2.19. The molecule has 1 atom stereocenters. The molecule has 2 rings (SSSR count). The Balaban J connectivity index is 2.56. The highest BCUT2D eigenvalue weighted by molar-refractivity contribution is 5.39. The van der Waals surface area contributed by atoms with Crippen molar-refractivity contribution < 1.29 is 26.3 Å². The number of halogens is 6. The van der Waals surface area contributed by atoms with Gasteiger partial charge in [-0.05, 0) is 17.7 Å². The van der Waals surface area contributed by atoms with Crippen LogP contribution < -0.4 is 5.73 Å². The molecule has 1 nitrogen and oxygen atoms in total. The van der Waals surface area contributed by atoms with E-state index in [0.29, 0.717) is 6.07 Å². The molecule has 0 saturated heterocycles. The van der Waals surface area contributed by atoms with Crippen LogP contribution in [-0.4, -0.2) is 0 Å². The van der Waals surface area contributed by atoms with E-state index in [0.717, 1.165) is 18.2 Å². The molecule has 0 heterocycles. The maximum Gasteiger partial charge on any atom is 0.416 e. The first kappa shape index (κ1) is 15.4. The van der Waals surface area contributed by atoms with Crippen molar-refractivity contribution in [3.8, 4) is 0 Å². The van der Waals surface area contributed by atoms with Gasteiger partial charge >= 0.3 is 6.18 Å². The van der Waals surface area contributed by atoms with Crippen LogP contribution in [0, 0.1) is 17.5 Å². The molecule has 0 amide bonds. The zero-order chi connectivity index (χ0) is 15.8. The molecule has 2 aromatic carbocycles. The fourth-order valence-electron chi connectivity index (χ4n) is 1.97. The summed E-state index contributed by atoms with van der Waals surface area (Å²) in [4.78, 5) is 0. The van der Waals surface area contributed by atoms with Gasteiger partial charge in [-0.25, -0.2) is 13.2 Å². The second kappa shape index (κ2) is 5.40. The second-order valence-corrected chi connectivity index (χ2v) is 4.35. The Labute approximate surface area is 116 Å². The van der Waals surface area contributed by atoms with Crippen LogP contribution in [0.2, 0.25) is 0 Å². The molecule has 2 aromatic rings.